The number of aryl methyl sites for hydroxylation is 1. The predicted octanol–water partition coefficient (Wildman–Crippen LogP) is 7.52. The molecule has 2 amide bonds. The summed E-state index contributed by atoms with van der Waals surface area (Å²) < 4.78 is 11.8. The van der Waals surface area contributed by atoms with E-state index in [1.807, 2.05) is 50.2 Å². The lowest BCUT2D eigenvalue weighted by Crippen LogP contribution is -2.27. The molecule has 3 aromatic carbocycles. The molecule has 35 heavy (non-hydrogen) atoms. The van der Waals surface area contributed by atoms with Gasteiger partial charge in [0.05, 0.1) is 28.1 Å². The molecule has 0 N–H and O–H groups in total. The van der Waals surface area contributed by atoms with Gasteiger partial charge in [0.2, 0.25) is 0 Å². The average Bonchev–Trinajstić information content (AvgIpc) is 3.09. The van der Waals surface area contributed by atoms with Crippen LogP contribution in [0, 0.1) is 6.92 Å². The third kappa shape index (κ3) is 6.20. The molecule has 1 fully saturated rings. The number of imide groups is 1. The van der Waals surface area contributed by atoms with Crippen molar-refractivity contribution in [3.8, 4) is 11.5 Å². The van der Waals surface area contributed by atoms with Crippen LogP contribution in [-0.2, 0) is 17.9 Å². The van der Waals surface area contributed by atoms with E-state index in [2.05, 4.69) is 0 Å². The quantitative estimate of drug-likeness (QED) is 0.283. The first-order valence-corrected chi connectivity index (χ1v) is 12.6. The molecule has 5 nitrogen and oxygen atoms in total. The van der Waals surface area contributed by atoms with Crippen LogP contribution in [-0.4, -0.2) is 22.7 Å². The fourth-order valence-corrected chi connectivity index (χ4v) is 4.61. The lowest BCUT2D eigenvalue weighted by atomic mass is 10.1. The predicted molar refractivity (Wildman–Crippen MR) is 141 cm³/mol. The Morgan fingerprint density at radius 3 is 2.34 bits per heavy atom. The molecule has 1 aliphatic rings. The number of hydrogen-bond acceptors (Lipinski definition) is 5. The van der Waals surface area contributed by atoms with Gasteiger partial charge in [0.25, 0.3) is 11.1 Å². The second-order valence-corrected chi connectivity index (χ2v) is 9.74. The zero-order chi connectivity index (χ0) is 24.9. The number of halogens is 2. The maximum atomic E-state index is 12.9. The van der Waals surface area contributed by atoms with E-state index in [0.29, 0.717) is 39.7 Å². The number of carbonyl (C=O) groups is 2. The summed E-state index contributed by atoms with van der Waals surface area (Å²) in [5.74, 6) is 0.824. The summed E-state index contributed by atoms with van der Waals surface area (Å²) in [4.78, 5) is 27.0. The van der Waals surface area contributed by atoms with Crippen molar-refractivity contribution in [1.82, 2.24) is 4.90 Å². The normalized spacial score (nSPS) is 14.6. The lowest BCUT2D eigenvalue weighted by molar-refractivity contribution is -0.123. The van der Waals surface area contributed by atoms with Crippen molar-refractivity contribution >= 4 is 52.2 Å². The Balaban J connectivity index is 1.50. The van der Waals surface area contributed by atoms with Crippen LogP contribution in [0.5, 0.6) is 11.5 Å². The van der Waals surface area contributed by atoms with E-state index < -0.39 is 0 Å². The fraction of sp³-hybridized carbons (Fsp3) is 0.185. The van der Waals surface area contributed by atoms with Crippen molar-refractivity contribution in [2.24, 2.45) is 0 Å². The van der Waals surface area contributed by atoms with Crippen LogP contribution >= 0.6 is 35.0 Å². The molecule has 3 aromatic rings. The smallest absolute Gasteiger partial charge is 0.293 e. The number of nitrogens with zero attached hydrogens (tertiary/aromatic N) is 1. The number of benzene rings is 3. The van der Waals surface area contributed by atoms with Crippen molar-refractivity contribution in [1.29, 1.82) is 0 Å². The Hall–Kier alpha value is -2.93. The molecular formula is C27H23Cl2NO4S. The number of carbonyl (C=O) groups excluding carboxylic acids is 2. The zero-order valence-electron chi connectivity index (χ0n) is 19.2. The zero-order valence-corrected chi connectivity index (χ0v) is 21.5. The Bertz CT molecular complexity index is 1290. The van der Waals surface area contributed by atoms with Gasteiger partial charge in [0, 0.05) is 0 Å². The van der Waals surface area contributed by atoms with E-state index in [1.54, 1.807) is 30.3 Å². The van der Waals surface area contributed by atoms with Crippen LogP contribution in [0.25, 0.3) is 6.08 Å². The summed E-state index contributed by atoms with van der Waals surface area (Å²) in [6, 6.07) is 18.6. The summed E-state index contributed by atoms with van der Waals surface area (Å²) in [6.07, 6.45) is 1.69. The number of thioether (sulfide) groups is 1. The van der Waals surface area contributed by atoms with Gasteiger partial charge in [-0.25, -0.2) is 0 Å². The van der Waals surface area contributed by atoms with Crippen LogP contribution in [0.15, 0.2) is 65.6 Å². The largest absolute Gasteiger partial charge is 0.490 e. The van der Waals surface area contributed by atoms with Crippen LogP contribution in [0.2, 0.25) is 10.0 Å². The lowest BCUT2D eigenvalue weighted by Gasteiger charge is -2.13. The Morgan fingerprint density at radius 1 is 0.886 bits per heavy atom. The molecular weight excluding hydrogens is 505 g/mol. The number of rotatable bonds is 8. The molecule has 0 radical (unpaired) electrons. The molecule has 0 aliphatic carbocycles. The molecule has 1 aliphatic heterocycles. The van der Waals surface area contributed by atoms with Gasteiger partial charge in [-0.05, 0) is 72.6 Å². The highest BCUT2D eigenvalue weighted by atomic mass is 35.5. The summed E-state index contributed by atoms with van der Waals surface area (Å²) >= 11 is 12.9. The topological polar surface area (TPSA) is 55.8 Å². The highest BCUT2D eigenvalue weighted by molar-refractivity contribution is 8.18. The standard InChI is InChI=1S/C27H23Cl2NO4S/c1-3-33-24-13-19(9-11-23(24)34-16-18-6-4-17(2)5-7-18)14-25-26(31)30(27(32)35-25)15-20-8-10-21(28)22(29)12-20/h4-14H,3,15-16H2,1-2H3/b25-14-. The minimum atomic E-state index is -0.358. The monoisotopic (exact) mass is 527 g/mol. The Kier molecular flexibility index (Phi) is 8.06. The van der Waals surface area contributed by atoms with Gasteiger partial charge in [0.15, 0.2) is 11.5 Å². The average molecular weight is 528 g/mol. The molecule has 1 saturated heterocycles. The molecule has 0 aromatic heterocycles. The first-order chi connectivity index (χ1) is 16.8. The van der Waals surface area contributed by atoms with E-state index in [9.17, 15) is 9.59 Å². The van der Waals surface area contributed by atoms with Crippen molar-refractivity contribution in [2.45, 2.75) is 27.0 Å². The van der Waals surface area contributed by atoms with Crippen LogP contribution < -0.4 is 9.47 Å². The minimum Gasteiger partial charge on any atom is -0.490 e. The molecule has 0 atom stereocenters. The molecule has 0 bridgehead atoms. The second-order valence-electron chi connectivity index (χ2n) is 7.93. The first kappa shape index (κ1) is 25.2. The second kappa shape index (κ2) is 11.2. The number of amides is 2. The van der Waals surface area contributed by atoms with Gasteiger partial charge in [-0.15, -0.1) is 0 Å². The fourth-order valence-electron chi connectivity index (χ4n) is 3.46. The van der Waals surface area contributed by atoms with E-state index in [0.717, 1.165) is 28.5 Å². The van der Waals surface area contributed by atoms with Gasteiger partial charge in [-0.2, -0.15) is 0 Å². The van der Waals surface area contributed by atoms with Gasteiger partial charge in [-0.3, -0.25) is 14.5 Å². The maximum Gasteiger partial charge on any atom is 0.293 e. The Labute approximate surface area is 218 Å². The number of hydrogen-bond donors (Lipinski definition) is 0. The molecule has 1 heterocycles. The van der Waals surface area contributed by atoms with Gasteiger partial charge in [0.1, 0.15) is 6.61 Å². The van der Waals surface area contributed by atoms with Crippen molar-refractivity contribution in [2.75, 3.05) is 6.61 Å². The first-order valence-electron chi connectivity index (χ1n) is 11.0. The SMILES string of the molecule is CCOc1cc(/C=C2\SC(=O)N(Cc3ccc(Cl)c(Cl)c3)C2=O)ccc1OCc1ccc(C)cc1. The van der Waals surface area contributed by atoms with E-state index in [-0.39, 0.29) is 17.7 Å². The maximum absolute atomic E-state index is 12.9. The molecule has 180 valence electrons. The molecule has 0 unspecified atom stereocenters. The van der Waals surface area contributed by atoms with Crippen LogP contribution in [0.1, 0.15) is 29.2 Å². The highest BCUT2D eigenvalue weighted by Crippen LogP contribution is 2.36. The van der Waals surface area contributed by atoms with E-state index >= 15 is 0 Å². The van der Waals surface area contributed by atoms with Gasteiger partial charge in [-0.1, -0.05) is 65.2 Å². The molecule has 4 rings (SSSR count). The Morgan fingerprint density at radius 2 is 1.63 bits per heavy atom. The third-order valence-corrected chi connectivity index (χ3v) is 6.93. The van der Waals surface area contributed by atoms with Crippen LogP contribution in [0.4, 0.5) is 4.79 Å². The molecule has 0 spiro atoms. The summed E-state index contributed by atoms with van der Waals surface area (Å²) in [7, 11) is 0. The molecule has 0 saturated carbocycles. The van der Waals surface area contributed by atoms with Gasteiger partial charge < -0.3 is 9.47 Å². The third-order valence-electron chi connectivity index (χ3n) is 5.28. The molecule has 8 heteroatoms. The summed E-state index contributed by atoms with van der Waals surface area (Å²) in [5, 5.41) is 0.455. The number of ether oxygens (including phenoxy) is 2. The van der Waals surface area contributed by atoms with Gasteiger partial charge >= 0.3 is 0 Å². The highest BCUT2D eigenvalue weighted by Gasteiger charge is 2.35. The van der Waals surface area contributed by atoms with Crippen molar-refractivity contribution < 1.29 is 19.1 Å². The van der Waals surface area contributed by atoms with E-state index in [1.165, 1.54) is 10.5 Å². The van der Waals surface area contributed by atoms with Crippen LogP contribution in [0.3, 0.4) is 0 Å². The summed E-state index contributed by atoms with van der Waals surface area (Å²) in [6.45, 7) is 4.93. The van der Waals surface area contributed by atoms with Crippen molar-refractivity contribution in [3.63, 3.8) is 0 Å². The van der Waals surface area contributed by atoms with Crippen molar-refractivity contribution in [3.05, 3.63) is 97.9 Å². The minimum absolute atomic E-state index is 0.120. The summed E-state index contributed by atoms with van der Waals surface area (Å²) in [5.41, 5.74) is 3.69. The van der Waals surface area contributed by atoms with E-state index in [4.69, 9.17) is 32.7 Å².